The van der Waals surface area contributed by atoms with Crippen LogP contribution in [0.1, 0.15) is 6.92 Å². The lowest BCUT2D eigenvalue weighted by atomic mass is 9.89. The highest BCUT2D eigenvalue weighted by atomic mass is 16.3. The average Bonchev–Trinajstić information content (AvgIpc) is 3.60. The summed E-state index contributed by atoms with van der Waals surface area (Å²) >= 11 is 0. The normalized spacial score (nSPS) is 14.5. The van der Waals surface area contributed by atoms with Crippen molar-refractivity contribution < 1.29 is 4.42 Å². The maximum atomic E-state index is 6.52. The molecule has 0 aliphatic carbocycles. The molecule has 1 unspecified atom stereocenters. The van der Waals surface area contributed by atoms with Gasteiger partial charge in [-0.2, -0.15) is 0 Å². The maximum absolute atomic E-state index is 6.52. The van der Waals surface area contributed by atoms with Crippen LogP contribution in [0.25, 0.3) is 66.0 Å². The van der Waals surface area contributed by atoms with Gasteiger partial charge in [-0.05, 0) is 55.0 Å². The first-order chi connectivity index (χ1) is 21.2. The summed E-state index contributed by atoms with van der Waals surface area (Å²) in [7, 11) is 0. The van der Waals surface area contributed by atoms with E-state index in [1.165, 1.54) is 16.6 Å². The zero-order valence-electron chi connectivity index (χ0n) is 23.6. The van der Waals surface area contributed by atoms with Gasteiger partial charge in [-0.1, -0.05) is 91.0 Å². The lowest BCUT2D eigenvalue weighted by Crippen LogP contribution is -2.28. The summed E-state index contributed by atoms with van der Waals surface area (Å²) in [5.74, 6) is 0. The van der Waals surface area contributed by atoms with Gasteiger partial charge in [-0.15, -0.1) is 0 Å². The van der Waals surface area contributed by atoms with E-state index < -0.39 is 0 Å². The number of nitrogens with zero attached hydrogens (tertiary/aromatic N) is 2. The number of nitrogens with one attached hydrogen (secondary N) is 1. The van der Waals surface area contributed by atoms with Crippen LogP contribution < -0.4 is 10.2 Å². The molecule has 8 aromatic rings. The van der Waals surface area contributed by atoms with Crippen LogP contribution >= 0.6 is 0 Å². The van der Waals surface area contributed by atoms with Gasteiger partial charge < -0.3 is 14.6 Å². The average molecular weight is 554 g/mol. The second-order valence-electron chi connectivity index (χ2n) is 11.2. The fourth-order valence-electron chi connectivity index (χ4n) is 6.88. The number of hydrogen-bond acceptors (Lipinski definition) is 4. The van der Waals surface area contributed by atoms with Crippen molar-refractivity contribution in [1.82, 2.24) is 4.98 Å². The number of fused-ring (bicyclic) bond motifs is 7. The fraction of sp³-hybridized carbons (Fsp3) is 0.0513. The summed E-state index contributed by atoms with van der Waals surface area (Å²) in [6.07, 6.45) is 0.165. The molecule has 0 bridgehead atoms. The molecule has 3 heterocycles. The molecule has 0 saturated heterocycles. The molecule has 2 aromatic heterocycles. The Hall–Kier alpha value is -5.61. The van der Waals surface area contributed by atoms with E-state index in [4.69, 9.17) is 9.40 Å². The van der Waals surface area contributed by atoms with Crippen LogP contribution in [0, 0.1) is 0 Å². The highest BCUT2D eigenvalue weighted by Gasteiger charge is 2.26. The Bertz CT molecular complexity index is 2340. The molecule has 9 rings (SSSR count). The molecular formula is C39H27N3O. The molecule has 0 saturated carbocycles. The number of pyridine rings is 1. The number of furan rings is 1. The Morgan fingerprint density at radius 1 is 0.628 bits per heavy atom. The van der Waals surface area contributed by atoms with Gasteiger partial charge in [0.15, 0.2) is 0 Å². The minimum atomic E-state index is 0.165. The van der Waals surface area contributed by atoms with Crippen LogP contribution in [0.2, 0.25) is 0 Å². The molecule has 1 atom stereocenters. The molecule has 1 aliphatic heterocycles. The topological polar surface area (TPSA) is 41.3 Å². The number of hydrogen-bond donors (Lipinski definition) is 1. The summed E-state index contributed by atoms with van der Waals surface area (Å²) in [5, 5.41) is 9.27. The lowest BCUT2D eigenvalue weighted by Gasteiger charge is -2.24. The van der Waals surface area contributed by atoms with E-state index in [1.54, 1.807) is 0 Å². The summed E-state index contributed by atoms with van der Waals surface area (Å²) in [6, 6.07) is 47.0. The zero-order chi connectivity index (χ0) is 28.5. The van der Waals surface area contributed by atoms with E-state index in [-0.39, 0.29) is 6.17 Å². The molecule has 4 nitrogen and oxygen atoms in total. The van der Waals surface area contributed by atoms with Crippen LogP contribution in [0.5, 0.6) is 0 Å². The predicted octanol–water partition coefficient (Wildman–Crippen LogP) is 10.5. The standard InChI is InChI=1S/C39H27N3O/c1-24-40-32-16-8-9-17-33(32)42(24)27-21-19-26(20-22-27)39-30-23-35-38(29-14-6-10-18-34(29)43-35)36(25-11-3-2-4-12-25)37(30)28-13-5-7-15-31(28)41-39/h2-24,40H,1H3. The van der Waals surface area contributed by atoms with Gasteiger partial charge in [0.1, 0.15) is 17.3 Å². The summed E-state index contributed by atoms with van der Waals surface area (Å²) in [6.45, 7) is 2.19. The molecule has 6 aromatic carbocycles. The van der Waals surface area contributed by atoms with Crippen LogP contribution in [0.15, 0.2) is 138 Å². The van der Waals surface area contributed by atoms with Crippen LogP contribution in [0.3, 0.4) is 0 Å². The van der Waals surface area contributed by atoms with E-state index in [9.17, 15) is 0 Å². The molecule has 0 fully saturated rings. The van der Waals surface area contributed by atoms with E-state index in [0.717, 1.165) is 66.4 Å². The Labute approximate surface area is 248 Å². The van der Waals surface area contributed by atoms with Crippen molar-refractivity contribution in [2.45, 2.75) is 13.1 Å². The number of para-hydroxylation sites is 4. The van der Waals surface area contributed by atoms with E-state index in [2.05, 4.69) is 145 Å². The molecule has 43 heavy (non-hydrogen) atoms. The lowest BCUT2D eigenvalue weighted by molar-refractivity contribution is 0.669. The minimum Gasteiger partial charge on any atom is -0.456 e. The van der Waals surface area contributed by atoms with Crippen molar-refractivity contribution in [2.24, 2.45) is 0 Å². The van der Waals surface area contributed by atoms with Gasteiger partial charge in [0.2, 0.25) is 0 Å². The quantitative estimate of drug-likeness (QED) is 0.221. The number of aromatic nitrogens is 1. The summed E-state index contributed by atoms with van der Waals surface area (Å²) < 4.78 is 6.52. The molecule has 4 heteroatoms. The first kappa shape index (κ1) is 24.0. The van der Waals surface area contributed by atoms with Crippen molar-refractivity contribution in [3.05, 3.63) is 133 Å². The first-order valence-electron chi connectivity index (χ1n) is 14.7. The van der Waals surface area contributed by atoms with Crippen molar-refractivity contribution in [1.29, 1.82) is 0 Å². The number of anilines is 3. The smallest absolute Gasteiger partial charge is 0.136 e. The summed E-state index contributed by atoms with van der Waals surface area (Å²) in [4.78, 5) is 7.62. The summed E-state index contributed by atoms with van der Waals surface area (Å²) in [5.41, 5.74) is 10.6. The molecule has 1 aliphatic rings. The second-order valence-corrected chi connectivity index (χ2v) is 11.2. The Kier molecular flexibility index (Phi) is 5.14. The molecule has 1 N–H and O–H groups in total. The van der Waals surface area contributed by atoms with Gasteiger partial charge in [0, 0.05) is 43.7 Å². The van der Waals surface area contributed by atoms with Gasteiger partial charge in [-0.3, -0.25) is 0 Å². The van der Waals surface area contributed by atoms with Crippen molar-refractivity contribution in [2.75, 3.05) is 10.2 Å². The largest absolute Gasteiger partial charge is 0.456 e. The number of benzene rings is 6. The molecule has 204 valence electrons. The minimum absolute atomic E-state index is 0.165. The van der Waals surface area contributed by atoms with Gasteiger partial charge in [0.05, 0.1) is 22.6 Å². The van der Waals surface area contributed by atoms with Gasteiger partial charge in [-0.25, -0.2) is 4.98 Å². The highest BCUT2D eigenvalue weighted by molar-refractivity contribution is 6.27. The molecular weight excluding hydrogens is 526 g/mol. The van der Waals surface area contributed by atoms with Crippen molar-refractivity contribution in [3.63, 3.8) is 0 Å². The van der Waals surface area contributed by atoms with Crippen molar-refractivity contribution >= 4 is 60.7 Å². The third-order valence-electron chi connectivity index (χ3n) is 8.72. The first-order valence-corrected chi connectivity index (χ1v) is 14.7. The fourth-order valence-corrected chi connectivity index (χ4v) is 6.88. The third kappa shape index (κ3) is 3.60. The van der Waals surface area contributed by atoms with Crippen LogP contribution in [-0.2, 0) is 0 Å². The second kappa shape index (κ2) is 9.20. The SMILES string of the molecule is CC1Nc2ccccc2N1c1ccc(-c2nc3ccccc3c3c(-c4ccccc4)c4c(cc23)oc2ccccc24)cc1. The van der Waals surface area contributed by atoms with Crippen LogP contribution in [-0.4, -0.2) is 11.1 Å². The number of rotatable bonds is 3. The monoisotopic (exact) mass is 553 g/mol. The van der Waals surface area contributed by atoms with E-state index in [0.29, 0.717) is 0 Å². The predicted molar refractivity (Wildman–Crippen MR) is 179 cm³/mol. The Morgan fingerprint density at radius 3 is 2.21 bits per heavy atom. The van der Waals surface area contributed by atoms with Gasteiger partial charge >= 0.3 is 0 Å². The molecule has 0 radical (unpaired) electrons. The van der Waals surface area contributed by atoms with E-state index >= 15 is 0 Å². The highest BCUT2D eigenvalue weighted by Crippen LogP contribution is 2.46. The molecule has 0 spiro atoms. The van der Waals surface area contributed by atoms with Crippen molar-refractivity contribution in [3.8, 4) is 22.4 Å². The van der Waals surface area contributed by atoms with Gasteiger partial charge in [0.25, 0.3) is 0 Å². The van der Waals surface area contributed by atoms with E-state index in [1.807, 2.05) is 6.07 Å². The maximum Gasteiger partial charge on any atom is 0.136 e. The Balaban J connectivity index is 1.34. The third-order valence-corrected chi connectivity index (χ3v) is 8.72. The Morgan fingerprint density at radius 2 is 1.35 bits per heavy atom. The molecule has 0 amide bonds. The zero-order valence-corrected chi connectivity index (χ0v) is 23.6. The van der Waals surface area contributed by atoms with Crippen LogP contribution in [0.4, 0.5) is 17.1 Å².